The van der Waals surface area contributed by atoms with Gasteiger partial charge in [0.1, 0.15) is 12.4 Å². The lowest BCUT2D eigenvalue weighted by molar-refractivity contribution is -0.671. The van der Waals surface area contributed by atoms with Crippen molar-refractivity contribution in [1.29, 1.82) is 0 Å². The molecule has 0 atom stereocenters. The Morgan fingerprint density at radius 2 is 1.73 bits per heavy atom. The van der Waals surface area contributed by atoms with Gasteiger partial charge in [-0.3, -0.25) is 4.18 Å². The number of hydrogen-bond acceptors (Lipinski definition) is 6. The smallest absolute Gasteiger partial charge is 0.348 e. The second-order valence-electron chi connectivity index (χ2n) is 5.97. The summed E-state index contributed by atoms with van der Waals surface area (Å²) in [5, 5.41) is 0. The molecule has 0 aromatic carbocycles. The Morgan fingerprint density at radius 1 is 1.08 bits per heavy atom. The number of rotatable bonds is 12. The van der Waals surface area contributed by atoms with Gasteiger partial charge in [0.15, 0.2) is 6.54 Å². The van der Waals surface area contributed by atoms with Crippen LogP contribution in [0, 0.1) is 0 Å². The topological polar surface area (TPSA) is 102 Å². The number of esters is 1. The van der Waals surface area contributed by atoms with Crippen molar-refractivity contribution < 1.29 is 31.3 Å². The van der Waals surface area contributed by atoms with E-state index in [0.717, 1.165) is 19.3 Å². The quantitative estimate of drug-likeness (QED) is 0.177. The molecule has 0 aliphatic heterocycles. The monoisotopic (exact) mass is 392 g/mol. The molecule has 1 aromatic heterocycles. The molecule has 0 fully saturated rings. The van der Waals surface area contributed by atoms with Gasteiger partial charge in [0, 0.05) is 0 Å². The maximum Gasteiger partial charge on any atom is 0.348 e. The lowest BCUT2D eigenvalue weighted by Gasteiger charge is -2.06. The van der Waals surface area contributed by atoms with E-state index >= 15 is 0 Å². The third-order valence-electron chi connectivity index (χ3n) is 3.33. The number of carbonyl (C=O) groups excluding carboxylic acids is 1. The molecule has 0 aliphatic rings. The van der Waals surface area contributed by atoms with Crippen molar-refractivity contribution in [3.05, 3.63) is 18.7 Å². The zero-order chi connectivity index (χ0) is 19.8. The van der Waals surface area contributed by atoms with Crippen LogP contribution in [-0.2, 0) is 37.7 Å². The Bertz CT molecular complexity index is 586. The molecule has 1 heterocycles. The summed E-state index contributed by atoms with van der Waals surface area (Å²) in [6, 6.07) is 0. The van der Waals surface area contributed by atoms with Gasteiger partial charge in [-0.1, -0.05) is 46.0 Å². The lowest BCUT2D eigenvalue weighted by atomic mass is 10.1. The van der Waals surface area contributed by atoms with Crippen LogP contribution in [0.2, 0.25) is 0 Å². The van der Waals surface area contributed by atoms with Gasteiger partial charge >= 0.3 is 5.97 Å². The summed E-state index contributed by atoms with van der Waals surface area (Å²) in [6.45, 7) is 4.93. The van der Waals surface area contributed by atoms with Gasteiger partial charge < -0.3 is 9.29 Å². The van der Waals surface area contributed by atoms with Gasteiger partial charge in [0.2, 0.25) is 16.7 Å². The normalized spacial score (nSPS) is 10.9. The molecule has 0 radical (unpaired) electrons. The van der Waals surface area contributed by atoms with Crippen LogP contribution in [0.4, 0.5) is 0 Å². The van der Waals surface area contributed by atoms with E-state index in [1.807, 2.05) is 37.3 Å². The Labute approximate surface area is 157 Å². The van der Waals surface area contributed by atoms with Crippen molar-refractivity contribution in [2.75, 3.05) is 13.2 Å². The average molecular weight is 393 g/mol. The van der Waals surface area contributed by atoms with Crippen LogP contribution >= 0.6 is 0 Å². The summed E-state index contributed by atoms with van der Waals surface area (Å²) in [7, 11) is -2.56. The Kier molecular flexibility index (Phi) is 13.9. The molecule has 0 aliphatic carbocycles. The van der Waals surface area contributed by atoms with E-state index in [4.69, 9.17) is 4.74 Å². The fraction of sp³-hybridized carbons (Fsp3) is 0.765. The highest BCUT2D eigenvalue weighted by Crippen LogP contribution is 2.05. The molecule has 0 unspecified atom stereocenters. The molecule has 26 heavy (non-hydrogen) atoms. The van der Waals surface area contributed by atoms with E-state index in [1.165, 1.54) is 19.3 Å². The number of aryl methyl sites for hydroxylation is 1. The summed E-state index contributed by atoms with van der Waals surface area (Å²) < 4.78 is 42.6. The Hall–Kier alpha value is -1.45. The number of carbonyl (C=O) groups is 1. The van der Waals surface area contributed by atoms with E-state index in [2.05, 4.69) is 11.1 Å². The van der Waals surface area contributed by atoms with Crippen LogP contribution in [0.1, 0.15) is 58.8 Å². The standard InChI is InChI=1S/C9H15N2O2.C8H18O4S/c1-3-6-13-9(12)7-11-5-4-10(2)8-11;1-2-3-4-5-6-7-8-12-13(9,10)11/h4-5,8H,3,6-7H2,1-2H3;2-8H2,1H3,(H,9,10,11)/q+1;/p-1. The summed E-state index contributed by atoms with van der Waals surface area (Å²) >= 11 is 0. The number of nitrogens with zero attached hydrogens (tertiary/aromatic N) is 2. The molecule has 0 N–H and O–H groups in total. The van der Waals surface area contributed by atoms with Crippen LogP contribution in [0.5, 0.6) is 0 Å². The zero-order valence-corrected chi connectivity index (χ0v) is 16.9. The molecule has 152 valence electrons. The van der Waals surface area contributed by atoms with E-state index in [9.17, 15) is 17.8 Å². The van der Waals surface area contributed by atoms with Gasteiger partial charge in [0.25, 0.3) is 0 Å². The van der Waals surface area contributed by atoms with Crippen molar-refractivity contribution in [2.24, 2.45) is 7.05 Å². The number of ether oxygens (including phenoxy) is 1. The van der Waals surface area contributed by atoms with Gasteiger partial charge in [-0.15, -0.1) is 0 Å². The maximum absolute atomic E-state index is 11.1. The summed E-state index contributed by atoms with van der Waals surface area (Å²) in [5.74, 6) is -0.182. The van der Waals surface area contributed by atoms with Gasteiger partial charge in [-0.05, 0) is 12.8 Å². The van der Waals surface area contributed by atoms with Crippen molar-refractivity contribution in [1.82, 2.24) is 4.57 Å². The molecule has 8 nitrogen and oxygen atoms in total. The van der Waals surface area contributed by atoms with E-state index in [1.54, 1.807) is 4.57 Å². The molecule has 9 heteroatoms. The number of hydrogen-bond donors (Lipinski definition) is 0. The third kappa shape index (κ3) is 16.0. The highest BCUT2D eigenvalue weighted by molar-refractivity contribution is 7.80. The van der Waals surface area contributed by atoms with Crippen LogP contribution in [0.15, 0.2) is 18.7 Å². The fourth-order valence-corrected chi connectivity index (χ4v) is 2.37. The molecule has 0 saturated carbocycles. The highest BCUT2D eigenvalue weighted by atomic mass is 32.3. The van der Waals surface area contributed by atoms with Gasteiger partial charge in [-0.2, -0.15) is 0 Å². The first-order chi connectivity index (χ1) is 12.3. The minimum Gasteiger partial charge on any atom is -0.726 e. The first-order valence-corrected chi connectivity index (χ1v) is 10.4. The molecule has 1 aromatic rings. The molecular formula is C17H32N2O6S. The second kappa shape index (κ2) is 14.7. The van der Waals surface area contributed by atoms with Crippen LogP contribution in [0.3, 0.4) is 0 Å². The average Bonchev–Trinajstić information content (AvgIpc) is 2.96. The predicted octanol–water partition coefficient (Wildman–Crippen LogP) is 2.09. The number of unbranched alkanes of at least 4 members (excludes halogenated alkanes) is 5. The van der Waals surface area contributed by atoms with Crippen molar-refractivity contribution in [2.45, 2.75) is 65.3 Å². The SMILES string of the molecule is CCCCCCCCOS(=O)(=O)[O-].CCCOC(=O)Cn1cc[n+](C)c1. The first kappa shape index (κ1) is 24.6. The minimum atomic E-state index is -4.47. The number of aromatic nitrogens is 2. The molecule has 0 amide bonds. The predicted molar refractivity (Wildman–Crippen MR) is 95.9 cm³/mol. The third-order valence-corrected chi connectivity index (χ3v) is 3.78. The molecule has 0 bridgehead atoms. The largest absolute Gasteiger partial charge is 0.726 e. The van der Waals surface area contributed by atoms with Crippen molar-refractivity contribution >= 4 is 16.4 Å². The second-order valence-corrected chi connectivity index (χ2v) is 7.02. The van der Waals surface area contributed by atoms with E-state index in [-0.39, 0.29) is 12.6 Å². The molecular weight excluding hydrogens is 360 g/mol. The summed E-state index contributed by atoms with van der Waals surface area (Å²) in [5.41, 5.74) is 0. The van der Waals surface area contributed by atoms with Crippen LogP contribution in [0.25, 0.3) is 0 Å². The number of imidazole rings is 1. The minimum absolute atomic E-state index is 0.0258. The Morgan fingerprint density at radius 3 is 2.27 bits per heavy atom. The first-order valence-electron chi connectivity index (χ1n) is 9.05. The van der Waals surface area contributed by atoms with Crippen molar-refractivity contribution in [3.63, 3.8) is 0 Å². The summed E-state index contributed by atoms with van der Waals surface area (Å²) in [4.78, 5) is 11.1. The fourth-order valence-electron chi connectivity index (χ4n) is 2.05. The van der Waals surface area contributed by atoms with E-state index in [0.29, 0.717) is 19.6 Å². The van der Waals surface area contributed by atoms with E-state index < -0.39 is 10.4 Å². The molecule has 1 rings (SSSR count). The lowest BCUT2D eigenvalue weighted by Crippen LogP contribution is -2.24. The van der Waals surface area contributed by atoms with Crippen molar-refractivity contribution in [3.8, 4) is 0 Å². The van der Waals surface area contributed by atoms with Gasteiger partial charge in [0.05, 0.1) is 20.3 Å². The molecule has 0 spiro atoms. The molecule has 0 saturated heterocycles. The maximum atomic E-state index is 11.1. The summed E-state index contributed by atoms with van der Waals surface area (Å²) in [6.07, 6.45) is 12.6. The Balaban J connectivity index is 0.000000481. The highest BCUT2D eigenvalue weighted by Gasteiger charge is 2.07. The zero-order valence-electron chi connectivity index (χ0n) is 16.1. The van der Waals surface area contributed by atoms with Crippen LogP contribution < -0.4 is 4.57 Å². The van der Waals surface area contributed by atoms with Crippen LogP contribution in [-0.4, -0.2) is 36.7 Å². The van der Waals surface area contributed by atoms with Gasteiger partial charge in [-0.25, -0.2) is 22.3 Å².